The lowest BCUT2D eigenvalue weighted by Crippen LogP contribution is -1.95. The van der Waals surface area contributed by atoms with Gasteiger partial charge in [0.2, 0.25) is 0 Å². The van der Waals surface area contributed by atoms with Crippen molar-refractivity contribution in [2.45, 2.75) is 0 Å². The number of benzene rings is 10. The van der Waals surface area contributed by atoms with Crippen LogP contribution in [0.4, 0.5) is 0 Å². The third kappa shape index (κ3) is 6.32. The second-order valence-electron chi connectivity index (χ2n) is 17.1. The average Bonchev–Trinajstić information content (AvgIpc) is 3.91. The van der Waals surface area contributed by atoms with E-state index in [9.17, 15) is 0 Å². The van der Waals surface area contributed by atoms with Crippen LogP contribution in [0.5, 0.6) is 0 Å². The van der Waals surface area contributed by atoms with Crippen molar-refractivity contribution in [2.75, 3.05) is 0 Å². The summed E-state index contributed by atoms with van der Waals surface area (Å²) in [5, 5.41) is 7.46. The first kappa shape index (κ1) is 37.7. The van der Waals surface area contributed by atoms with Crippen molar-refractivity contribution in [3.05, 3.63) is 249 Å². The summed E-state index contributed by atoms with van der Waals surface area (Å²) in [6.07, 6.45) is 0. The highest BCUT2D eigenvalue weighted by molar-refractivity contribution is 6.12. The molecule has 66 heavy (non-hydrogen) atoms. The standard InChI is InChI=1S/C63H41N3/c1-3-14-42(15-4-1)49-39-58(45-17-5-2-6-18-45)64-59(40-49)46-28-34-51(35-29-46)66-60-24-11-9-21-54(60)56-36-30-48(41-63(56)66)47-31-37-62-57(38-47)55-22-10-12-25-61(55)65(62)50-32-26-44(27-33-50)53-23-13-19-43-16-7-8-20-52(43)53/h1-41H. The molecule has 0 unspecified atom stereocenters. The Bertz CT molecular complexity index is 3890. The van der Waals surface area contributed by atoms with Crippen molar-refractivity contribution >= 4 is 54.4 Å². The molecule has 0 bridgehead atoms. The van der Waals surface area contributed by atoms with Crippen molar-refractivity contribution in [2.24, 2.45) is 0 Å². The number of pyridine rings is 1. The summed E-state index contributed by atoms with van der Waals surface area (Å²) in [5.74, 6) is 0. The van der Waals surface area contributed by atoms with Crippen molar-refractivity contribution in [1.82, 2.24) is 14.1 Å². The Morgan fingerprint density at radius 3 is 1.41 bits per heavy atom. The minimum absolute atomic E-state index is 0.945. The van der Waals surface area contributed by atoms with E-state index in [-0.39, 0.29) is 0 Å². The van der Waals surface area contributed by atoms with Crippen LogP contribution in [0.1, 0.15) is 0 Å². The molecule has 0 aliphatic rings. The van der Waals surface area contributed by atoms with Gasteiger partial charge in [-0.2, -0.15) is 0 Å². The maximum Gasteiger partial charge on any atom is 0.0715 e. The smallest absolute Gasteiger partial charge is 0.0715 e. The van der Waals surface area contributed by atoms with E-state index in [4.69, 9.17) is 4.98 Å². The molecule has 0 radical (unpaired) electrons. The van der Waals surface area contributed by atoms with Crippen molar-refractivity contribution < 1.29 is 0 Å². The maximum absolute atomic E-state index is 5.21. The summed E-state index contributed by atoms with van der Waals surface area (Å²) in [6, 6.07) is 90.0. The normalized spacial score (nSPS) is 11.6. The topological polar surface area (TPSA) is 22.8 Å². The highest BCUT2D eigenvalue weighted by Gasteiger charge is 2.17. The maximum atomic E-state index is 5.21. The number of aromatic nitrogens is 3. The van der Waals surface area contributed by atoms with Crippen LogP contribution in [0.2, 0.25) is 0 Å². The fourth-order valence-electron chi connectivity index (χ4n) is 10.1. The first-order valence-corrected chi connectivity index (χ1v) is 22.6. The molecule has 308 valence electrons. The number of hydrogen-bond donors (Lipinski definition) is 0. The third-order valence-corrected chi connectivity index (χ3v) is 13.3. The molecule has 3 aromatic heterocycles. The number of hydrogen-bond acceptors (Lipinski definition) is 1. The number of fused-ring (bicyclic) bond motifs is 7. The summed E-state index contributed by atoms with van der Waals surface area (Å²) >= 11 is 0. The van der Waals surface area contributed by atoms with Gasteiger partial charge in [-0.05, 0) is 111 Å². The molecule has 0 fully saturated rings. The Morgan fingerprint density at radius 1 is 0.242 bits per heavy atom. The molecule has 0 amide bonds. The zero-order chi connectivity index (χ0) is 43.6. The lowest BCUT2D eigenvalue weighted by atomic mass is 9.98. The van der Waals surface area contributed by atoms with Gasteiger partial charge in [0.1, 0.15) is 0 Å². The van der Waals surface area contributed by atoms with E-state index in [1.807, 2.05) is 6.07 Å². The molecule has 0 aliphatic heterocycles. The number of rotatable bonds is 7. The summed E-state index contributed by atoms with van der Waals surface area (Å²) in [4.78, 5) is 5.21. The monoisotopic (exact) mass is 839 g/mol. The molecule has 0 aliphatic carbocycles. The number of para-hydroxylation sites is 2. The van der Waals surface area contributed by atoms with Gasteiger partial charge in [-0.1, -0.05) is 182 Å². The van der Waals surface area contributed by atoms with E-state index >= 15 is 0 Å². The molecular formula is C63H41N3. The second kappa shape index (κ2) is 15.5. The molecule has 0 spiro atoms. The molecule has 13 aromatic rings. The van der Waals surface area contributed by atoms with Crippen LogP contribution in [0, 0.1) is 0 Å². The van der Waals surface area contributed by atoms with Crippen LogP contribution in [0.25, 0.3) is 122 Å². The van der Waals surface area contributed by atoms with Gasteiger partial charge in [-0.3, -0.25) is 0 Å². The van der Waals surface area contributed by atoms with Crippen molar-refractivity contribution in [3.8, 4) is 67.3 Å². The van der Waals surface area contributed by atoms with Gasteiger partial charge in [-0.25, -0.2) is 4.98 Å². The van der Waals surface area contributed by atoms with Crippen LogP contribution in [-0.2, 0) is 0 Å². The minimum Gasteiger partial charge on any atom is -0.309 e. The third-order valence-electron chi connectivity index (χ3n) is 13.3. The SMILES string of the molecule is c1ccc(-c2cc(-c3ccccc3)nc(-c3ccc(-n4c5ccccc5c5ccc(-c6ccc7c(c6)c6ccccc6n7-c6ccc(-c7cccc8ccccc78)cc6)cc54)cc3)c2)cc1. The average molecular weight is 840 g/mol. The molecule has 3 nitrogen and oxygen atoms in total. The van der Waals surface area contributed by atoms with E-state index in [1.165, 1.54) is 82.2 Å². The van der Waals surface area contributed by atoms with E-state index in [0.29, 0.717) is 0 Å². The van der Waals surface area contributed by atoms with Gasteiger partial charge in [0.05, 0.1) is 33.5 Å². The molecule has 0 saturated heterocycles. The van der Waals surface area contributed by atoms with E-state index in [0.717, 1.165) is 39.5 Å². The summed E-state index contributed by atoms with van der Waals surface area (Å²) in [7, 11) is 0. The zero-order valence-corrected chi connectivity index (χ0v) is 36.0. The number of nitrogens with zero attached hydrogens (tertiary/aromatic N) is 3. The van der Waals surface area contributed by atoms with Gasteiger partial charge in [0.25, 0.3) is 0 Å². The molecule has 0 N–H and O–H groups in total. The quantitative estimate of drug-likeness (QED) is 0.157. The summed E-state index contributed by atoms with van der Waals surface area (Å²) in [6.45, 7) is 0. The van der Waals surface area contributed by atoms with Gasteiger partial charge in [0.15, 0.2) is 0 Å². The molecule has 3 heterocycles. The van der Waals surface area contributed by atoms with E-state index in [1.54, 1.807) is 0 Å². The Morgan fingerprint density at radius 2 is 0.712 bits per heavy atom. The predicted molar refractivity (Wildman–Crippen MR) is 278 cm³/mol. The molecular weight excluding hydrogens is 799 g/mol. The van der Waals surface area contributed by atoms with Crippen LogP contribution in [0.15, 0.2) is 249 Å². The first-order chi connectivity index (χ1) is 32.7. The van der Waals surface area contributed by atoms with Crippen molar-refractivity contribution in [1.29, 1.82) is 0 Å². The highest BCUT2D eigenvalue weighted by Crippen LogP contribution is 2.40. The molecule has 3 heteroatoms. The largest absolute Gasteiger partial charge is 0.309 e. The van der Waals surface area contributed by atoms with Gasteiger partial charge in [-0.15, -0.1) is 0 Å². The van der Waals surface area contributed by atoms with Crippen LogP contribution < -0.4 is 0 Å². The van der Waals surface area contributed by atoms with Crippen LogP contribution in [0.3, 0.4) is 0 Å². The highest BCUT2D eigenvalue weighted by atomic mass is 15.0. The zero-order valence-electron chi connectivity index (χ0n) is 36.0. The minimum atomic E-state index is 0.945. The fraction of sp³-hybridized carbons (Fsp3) is 0. The molecule has 10 aromatic carbocycles. The molecule has 0 saturated carbocycles. The van der Waals surface area contributed by atoms with Crippen molar-refractivity contribution in [3.63, 3.8) is 0 Å². The summed E-state index contributed by atoms with van der Waals surface area (Å²) < 4.78 is 4.81. The van der Waals surface area contributed by atoms with Crippen LogP contribution >= 0.6 is 0 Å². The lowest BCUT2D eigenvalue weighted by Gasteiger charge is -2.12. The van der Waals surface area contributed by atoms with Gasteiger partial charge in [0, 0.05) is 44.0 Å². The fourth-order valence-corrected chi connectivity index (χ4v) is 10.1. The Balaban J connectivity index is 0.895. The lowest BCUT2D eigenvalue weighted by molar-refractivity contribution is 1.18. The van der Waals surface area contributed by atoms with Gasteiger partial charge >= 0.3 is 0 Å². The first-order valence-electron chi connectivity index (χ1n) is 22.6. The molecule has 0 atom stereocenters. The Hall–Kier alpha value is -8.79. The predicted octanol–water partition coefficient (Wildman–Crippen LogP) is 16.8. The van der Waals surface area contributed by atoms with Gasteiger partial charge < -0.3 is 9.13 Å². The Kier molecular flexibility index (Phi) is 8.85. The summed E-state index contributed by atoms with van der Waals surface area (Å²) in [5.41, 5.74) is 18.2. The van der Waals surface area contributed by atoms with Crippen LogP contribution in [-0.4, -0.2) is 14.1 Å². The molecule has 13 rings (SSSR count). The Labute approximate surface area is 382 Å². The van der Waals surface area contributed by atoms with E-state index < -0.39 is 0 Å². The second-order valence-corrected chi connectivity index (χ2v) is 17.1. The van der Waals surface area contributed by atoms with E-state index in [2.05, 4.69) is 252 Å².